The number of hydrogen-bond donors (Lipinski definition) is 0. The Kier molecular flexibility index (Phi) is 5.91. The Balaban J connectivity index is 2.70. The molecule has 0 aliphatic heterocycles. The van der Waals surface area contributed by atoms with Gasteiger partial charge >= 0.3 is 12.4 Å². The Labute approximate surface area is 161 Å². The number of nitrogens with zero attached hydrogens (tertiary/aromatic N) is 2. The molecule has 2 aromatic rings. The highest BCUT2D eigenvalue weighted by atomic mass is 35.5. The molecule has 0 fully saturated rings. The van der Waals surface area contributed by atoms with Crippen molar-refractivity contribution in [3.63, 3.8) is 0 Å². The molecule has 2 rings (SSSR count). The van der Waals surface area contributed by atoms with Crippen LogP contribution in [0.2, 0.25) is 0 Å². The molecule has 154 valence electrons. The Morgan fingerprint density at radius 1 is 1.21 bits per heavy atom. The lowest BCUT2D eigenvalue weighted by molar-refractivity contribution is -0.137. The molecule has 0 aliphatic rings. The van der Waals surface area contributed by atoms with E-state index in [1.165, 1.54) is 14.0 Å². The van der Waals surface area contributed by atoms with Gasteiger partial charge in [0.15, 0.2) is 9.84 Å². The number of sulfone groups is 1. The van der Waals surface area contributed by atoms with Gasteiger partial charge in [-0.05, 0) is 24.3 Å². The Hall–Kier alpha value is -2.01. The van der Waals surface area contributed by atoms with E-state index in [9.17, 15) is 34.8 Å². The van der Waals surface area contributed by atoms with Gasteiger partial charge in [0.25, 0.3) is 0 Å². The summed E-state index contributed by atoms with van der Waals surface area (Å²) in [4.78, 5) is 3.25. The Morgan fingerprint density at radius 3 is 2.32 bits per heavy atom. The van der Waals surface area contributed by atoms with Crippen molar-refractivity contribution in [2.75, 3.05) is 5.75 Å². The normalized spacial score (nSPS) is 13.8. The van der Waals surface area contributed by atoms with Gasteiger partial charge in [0.2, 0.25) is 0 Å². The van der Waals surface area contributed by atoms with Crippen molar-refractivity contribution < 1.29 is 34.8 Å². The summed E-state index contributed by atoms with van der Waals surface area (Å²) < 4.78 is 103. The number of aromatic nitrogens is 2. The third-order valence-corrected chi connectivity index (χ3v) is 5.93. The van der Waals surface area contributed by atoms with Crippen LogP contribution in [0.25, 0.3) is 17.5 Å². The molecular weight excluding hydrogens is 434 g/mol. The van der Waals surface area contributed by atoms with E-state index in [2.05, 4.69) is 4.98 Å². The maximum atomic E-state index is 13.0. The van der Waals surface area contributed by atoms with Crippen LogP contribution in [0.4, 0.5) is 26.3 Å². The van der Waals surface area contributed by atoms with Crippen molar-refractivity contribution in [1.82, 2.24) is 9.55 Å². The molecule has 0 saturated carbocycles. The summed E-state index contributed by atoms with van der Waals surface area (Å²) in [5.74, 6) is -0.600. The topological polar surface area (TPSA) is 52.0 Å². The summed E-state index contributed by atoms with van der Waals surface area (Å²) in [6.45, 7) is 1.26. The van der Waals surface area contributed by atoms with E-state index >= 15 is 0 Å². The molecule has 0 atom stereocenters. The van der Waals surface area contributed by atoms with E-state index in [1.54, 1.807) is 0 Å². The molecule has 0 N–H and O–H groups in total. The van der Waals surface area contributed by atoms with Crippen LogP contribution in [0.5, 0.6) is 0 Å². The SMILES string of the molecule is CCS(=O)(=O)c1cc(C(F)(F)F)ccc1-c1ncc(/C=C(\Cl)C(F)(F)F)n1C. The zero-order valence-corrected chi connectivity index (χ0v) is 15.9. The maximum Gasteiger partial charge on any atom is 0.427 e. The lowest BCUT2D eigenvalue weighted by atomic mass is 10.1. The van der Waals surface area contributed by atoms with Crippen LogP contribution >= 0.6 is 11.6 Å². The number of hydrogen-bond acceptors (Lipinski definition) is 3. The van der Waals surface area contributed by atoms with E-state index in [-0.39, 0.29) is 17.1 Å². The van der Waals surface area contributed by atoms with Gasteiger partial charge in [0, 0.05) is 12.6 Å². The molecule has 0 unspecified atom stereocenters. The van der Waals surface area contributed by atoms with E-state index < -0.39 is 43.4 Å². The number of imidazole rings is 1. The first kappa shape index (κ1) is 22.3. The van der Waals surface area contributed by atoms with Crippen molar-refractivity contribution in [2.45, 2.75) is 24.2 Å². The molecule has 4 nitrogen and oxygen atoms in total. The molecule has 0 radical (unpaired) electrons. The molecule has 1 heterocycles. The molecule has 1 aromatic heterocycles. The Bertz CT molecular complexity index is 1020. The molecule has 12 heteroatoms. The predicted octanol–water partition coefficient (Wildman–Crippen LogP) is 5.04. The third-order valence-electron chi connectivity index (χ3n) is 3.83. The number of rotatable bonds is 4. The molecule has 0 bridgehead atoms. The van der Waals surface area contributed by atoms with Crippen LogP contribution in [0.15, 0.2) is 34.3 Å². The van der Waals surface area contributed by atoms with Gasteiger partial charge in [-0.1, -0.05) is 18.5 Å². The quantitative estimate of drug-likeness (QED) is 0.618. The van der Waals surface area contributed by atoms with Gasteiger partial charge in [0.05, 0.1) is 28.1 Å². The van der Waals surface area contributed by atoms with Crippen molar-refractivity contribution in [3.05, 3.63) is 40.7 Å². The average Bonchev–Trinajstić information content (AvgIpc) is 2.93. The highest BCUT2D eigenvalue weighted by Gasteiger charge is 2.34. The average molecular weight is 447 g/mol. The molecule has 28 heavy (non-hydrogen) atoms. The fraction of sp³-hybridized carbons (Fsp3) is 0.312. The van der Waals surface area contributed by atoms with Crippen molar-refractivity contribution in [2.24, 2.45) is 7.05 Å². The fourth-order valence-electron chi connectivity index (χ4n) is 2.31. The minimum absolute atomic E-state index is 0.114. The van der Waals surface area contributed by atoms with Gasteiger partial charge in [0.1, 0.15) is 10.9 Å². The monoisotopic (exact) mass is 446 g/mol. The Morgan fingerprint density at radius 2 is 1.82 bits per heavy atom. The fourth-order valence-corrected chi connectivity index (χ4v) is 3.54. The second-order valence-electron chi connectivity index (χ2n) is 5.67. The molecule has 1 aromatic carbocycles. The number of allylic oxidation sites excluding steroid dienone is 1. The molecule has 0 spiro atoms. The zero-order chi connectivity index (χ0) is 21.5. The number of benzene rings is 1. The second-order valence-corrected chi connectivity index (χ2v) is 8.32. The van der Waals surface area contributed by atoms with E-state index in [4.69, 9.17) is 11.6 Å². The lowest BCUT2D eigenvalue weighted by Crippen LogP contribution is -2.12. The first-order chi connectivity index (χ1) is 12.7. The van der Waals surface area contributed by atoms with Crippen molar-refractivity contribution in [1.29, 1.82) is 0 Å². The molecule has 0 amide bonds. The smallest absolute Gasteiger partial charge is 0.328 e. The minimum atomic E-state index is -4.79. The molecule has 0 aliphatic carbocycles. The summed E-state index contributed by atoms with van der Waals surface area (Å²) in [7, 11) is -2.80. The van der Waals surface area contributed by atoms with Crippen LogP contribution in [0, 0.1) is 0 Å². The van der Waals surface area contributed by atoms with E-state index in [1.807, 2.05) is 0 Å². The minimum Gasteiger partial charge on any atom is -0.328 e. The third kappa shape index (κ3) is 4.52. The van der Waals surface area contributed by atoms with Crippen LogP contribution in [-0.2, 0) is 23.1 Å². The first-order valence-electron chi connectivity index (χ1n) is 7.59. The maximum absolute atomic E-state index is 13.0. The molecular formula is C16H13ClF6N2O2S. The zero-order valence-electron chi connectivity index (χ0n) is 14.4. The highest BCUT2D eigenvalue weighted by molar-refractivity contribution is 7.91. The van der Waals surface area contributed by atoms with Crippen molar-refractivity contribution in [3.8, 4) is 11.4 Å². The predicted molar refractivity (Wildman–Crippen MR) is 91.3 cm³/mol. The van der Waals surface area contributed by atoms with Gasteiger partial charge in [-0.15, -0.1) is 0 Å². The van der Waals surface area contributed by atoms with Crippen LogP contribution < -0.4 is 0 Å². The number of alkyl halides is 6. The van der Waals surface area contributed by atoms with Gasteiger partial charge < -0.3 is 4.57 Å². The second kappa shape index (κ2) is 7.43. The highest BCUT2D eigenvalue weighted by Crippen LogP contribution is 2.36. The van der Waals surface area contributed by atoms with Crippen LogP contribution in [-0.4, -0.2) is 29.9 Å². The van der Waals surface area contributed by atoms with Gasteiger partial charge in [-0.25, -0.2) is 13.4 Å². The largest absolute Gasteiger partial charge is 0.427 e. The van der Waals surface area contributed by atoms with Crippen LogP contribution in [0.1, 0.15) is 18.2 Å². The summed E-state index contributed by atoms with van der Waals surface area (Å²) in [5, 5.41) is -1.43. The number of halogens is 7. The summed E-state index contributed by atoms with van der Waals surface area (Å²) >= 11 is 5.19. The molecule has 0 saturated heterocycles. The van der Waals surface area contributed by atoms with Gasteiger partial charge in [-0.3, -0.25) is 0 Å². The van der Waals surface area contributed by atoms with Crippen LogP contribution in [0.3, 0.4) is 0 Å². The summed E-state index contributed by atoms with van der Waals surface area (Å²) in [6, 6.07) is 2.09. The summed E-state index contributed by atoms with van der Waals surface area (Å²) in [5.41, 5.74) is -1.45. The standard InChI is InChI=1S/C16H13ClF6N2O2S/c1-3-28(26,27)12-6-9(15(18,19)20)4-5-11(12)14-24-8-10(25(14)2)7-13(17)16(21,22)23/h4-8H,3H2,1-2H3/b13-7-. The first-order valence-corrected chi connectivity index (χ1v) is 9.62. The summed E-state index contributed by atoms with van der Waals surface area (Å²) in [6.07, 6.45) is -7.98. The lowest BCUT2D eigenvalue weighted by Gasteiger charge is -2.14. The van der Waals surface area contributed by atoms with E-state index in [0.29, 0.717) is 18.2 Å². The van der Waals surface area contributed by atoms with Gasteiger partial charge in [-0.2, -0.15) is 26.3 Å². The van der Waals surface area contributed by atoms with E-state index in [0.717, 1.165) is 16.8 Å². The van der Waals surface area contributed by atoms with Crippen molar-refractivity contribution >= 4 is 27.5 Å².